The van der Waals surface area contributed by atoms with E-state index >= 15 is 0 Å². The van der Waals surface area contributed by atoms with Crippen molar-refractivity contribution in [2.24, 2.45) is 5.73 Å². The number of nitrogens with two attached hydrogens (primary N) is 1. The quantitative estimate of drug-likeness (QED) is 0.909. The molecule has 0 aliphatic carbocycles. The summed E-state index contributed by atoms with van der Waals surface area (Å²) < 4.78 is 5.60. The maximum absolute atomic E-state index is 6.12. The van der Waals surface area contributed by atoms with E-state index in [0.717, 1.165) is 28.3 Å². The van der Waals surface area contributed by atoms with E-state index in [1.807, 2.05) is 26.0 Å². The first-order valence-electron chi connectivity index (χ1n) is 6.08. The topological polar surface area (TPSA) is 52.0 Å². The van der Waals surface area contributed by atoms with Gasteiger partial charge in [0.2, 0.25) is 0 Å². The van der Waals surface area contributed by atoms with Crippen molar-refractivity contribution in [1.29, 1.82) is 0 Å². The van der Waals surface area contributed by atoms with E-state index in [2.05, 4.69) is 24.0 Å². The molecule has 2 N–H and O–H groups in total. The van der Waals surface area contributed by atoms with Crippen LogP contribution < -0.4 is 5.73 Å². The normalized spacial score (nSPS) is 12.7. The molecular weight excluding hydrogens is 244 g/mol. The number of benzene rings is 1. The van der Waals surface area contributed by atoms with Crippen LogP contribution in [-0.2, 0) is 0 Å². The van der Waals surface area contributed by atoms with Crippen LogP contribution in [0.25, 0.3) is 0 Å². The third-order valence-corrected chi connectivity index (χ3v) is 3.91. The molecule has 0 saturated heterocycles. The fraction of sp³-hybridized carbons (Fsp3) is 0.357. The smallest absolute Gasteiger partial charge is 0.261 e. The molecule has 3 nitrogen and oxygen atoms in total. The summed E-state index contributed by atoms with van der Waals surface area (Å²) in [5, 5.41) is 0.681. The Kier molecular flexibility index (Phi) is 4.09. The van der Waals surface area contributed by atoms with Gasteiger partial charge in [-0.25, -0.2) is 4.98 Å². The molecule has 0 radical (unpaired) electrons. The molecule has 18 heavy (non-hydrogen) atoms. The second-order valence-electron chi connectivity index (χ2n) is 4.28. The Bertz CT molecular complexity index is 517. The Morgan fingerprint density at radius 3 is 2.67 bits per heavy atom. The molecule has 0 unspecified atom stereocenters. The summed E-state index contributed by atoms with van der Waals surface area (Å²) in [5.74, 6) is 0.870. The van der Waals surface area contributed by atoms with Gasteiger partial charge in [0, 0.05) is 10.9 Å². The molecular formula is C14H18N2OS. The molecule has 2 rings (SSSR count). The predicted octanol–water partition coefficient (Wildman–Crippen LogP) is 3.85. The molecule has 1 aromatic carbocycles. The second kappa shape index (κ2) is 5.59. The highest BCUT2D eigenvalue weighted by molar-refractivity contribution is 7.99. The zero-order valence-corrected chi connectivity index (χ0v) is 11.8. The van der Waals surface area contributed by atoms with Crippen molar-refractivity contribution in [3.63, 3.8) is 0 Å². The lowest BCUT2D eigenvalue weighted by atomic mass is 10.1. The molecule has 0 aliphatic heterocycles. The van der Waals surface area contributed by atoms with Gasteiger partial charge in [0.1, 0.15) is 5.76 Å². The Hall–Kier alpha value is -1.26. The molecule has 1 heterocycles. The first-order valence-corrected chi connectivity index (χ1v) is 6.89. The SMILES string of the molecule is CC[C@H](N)c1ccccc1Sc1nc(C)c(C)o1. The number of hydrogen-bond donors (Lipinski definition) is 1. The van der Waals surface area contributed by atoms with Gasteiger partial charge in [0.25, 0.3) is 5.22 Å². The van der Waals surface area contributed by atoms with E-state index in [9.17, 15) is 0 Å². The average Bonchev–Trinajstić information content (AvgIpc) is 2.68. The van der Waals surface area contributed by atoms with Crippen molar-refractivity contribution in [3.05, 3.63) is 41.3 Å². The van der Waals surface area contributed by atoms with Gasteiger partial charge in [-0.15, -0.1) is 0 Å². The fourth-order valence-corrected chi connectivity index (χ4v) is 2.70. The lowest BCUT2D eigenvalue weighted by Gasteiger charge is -2.12. The standard InChI is InChI=1S/C14H18N2OS/c1-4-12(15)11-7-5-6-8-13(11)18-14-16-9(2)10(3)17-14/h5-8,12H,4,15H2,1-3H3/t12-/m0/s1. The minimum atomic E-state index is 0.0610. The third-order valence-electron chi connectivity index (χ3n) is 2.96. The van der Waals surface area contributed by atoms with Crippen LogP contribution in [0.3, 0.4) is 0 Å². The number of aromatic nitrogens is 1. The zero-order chi connectivity index (χ0) is 13.1. The Labute approximate surface area is 112 Å². The number of nitrogens with zero attached hydrogens (tertiary/aromatic N) is 1. The van der Waals surface area contributed by atoms with E-state index in [1.54, 1.807) is 0 Å². The first kappa shape index (κ1) is 13.2. The van der Waals surface area contributed by atoms with Crippen LogP contribution >= 0.6 is 11.8 Å². The lowest BCUT2D eigenvalue weighted by molar-refractivity contribution is 0.431. The van der Waals surface area contributed by atoms with Crippen molar-refractivity contribution in [3.8, 4) is 0 Å². The van der Waals surface area contributed by atoms with Gasteiger partial charge in [-0.05, 0) is 43.7 Å². The molecule has 0 aliphatic rings. The van der Waals surface area contributed by atoms with Crippen LogP contribution in [0.1, 0.15) is 36.4 Å². The molecule has 0 amide bonds. The maximum atomic E-state index is 6.12. The van der Waals surface area contributed by atoms with Crippen molar-refractivity contribution < 1.29 is 4.42 Å². The van der Waals surface area contributed by atoms with E-state index in [1.165, 1.54) is 11.8 Å². The predicted molar refractivity (Wildman–Crippen MR) is 73.8 cm³/mol. The molecule has 1 aromatic heterocycles. The molecule has 0 saturated carbocycles. The van der Waals surface area contributed by atoms with Gasteiger partial charge in [-0.2, -0.15) is 0 Å². The summed E-state index contributed by atoms with van der Waals surface area (Å²) in [6.07, 6.45) is 0.918. The summed E-state index contributed by atoms with van der Waals surface area (Å²) >= 11 is 1.54. The molecule has 2 aromatic rings. The van der Waals surface area contributed by atoms with Crippen molar-refractivity contribution in [2.45, 2.75) is 43.4 Å². The van der Waals surface area contributed by atoms with Gasteiger partial charge >= 0.3 is 0 Å². The molecule has 96 valence electrons. The number of aryl methyl sites for hydroxylation is 2. The minimum Gasteiger partial charge on any atom is -0.436 e. The Balaban J connectivity index is 2.28. The number of hydrogen-bond acceptors (Lipinski definition) is 4. The fourth-order valence-electron chi connectivity index (χ4n) is 1.68. The van der Waals surface area contributed by atoms with E-state index in [-0.39, 0.29) is 6.04 Å². The molecule has 4 heteroatoms. The van der Waals surface area contributed by atoms with Crippen LogP contribution in [0.15, 0.2) is 38.8 Å². The van der Waals surface area contributed by atoms with Crippen molar-refractivity contribution in [2.75, 3.05) is 0 Å². The number of oxazole rings is 1. The monoisotopic (exact) mass is 262 g/mol. The van der Waals surface area contributed by atoms with Gasteiger partial charge in [-0.1, -0.05) is 25.1 Å². The van der Waals surface area contributed by atoms with Crippen molar-refractivity contribution in [1.82, 2.24) is 4.98 Å². The first-order chi connectivity index (χ1) is 8.61. The molecule has 0 fully saturated rings. The summed E-state index contributed by atoms with van der Waals surface area (Å²) in [5.41, 5.74) is 8.21. The van der Waals surface area contributed by atoms with Crippen LogP contribution in [0.5, 0.6) is 0 Å². The van der Waals surface area contributed by atoms with Crippen LogP contribution in [0.2, 0.25) is 0 Å². The highest BCUT2D eigenvalue weighted by Crippen LogP contribution is 2.33. The van der Waals surface area contributed by atoms with Crippen LogP contribution in [-0.4, -0.2) is 4.98 Å². The maximum Gasteiger partial charge on any atom is 0.261 e. The van der Waals surface area contributed by atoms with Crippen molar-refractivity contribution >= 4 is 11.8 Å². The highest BCUT2D eigenvalue weighted by Gasteiger charge is 2.13. The molecule has 1 atom stereocenters. The lowest BCUT2D eigenvalue weighted by Crippen LogP contribution is -2.09. The van der Waals surface area contributed by atoms with Crippen LogP contribution in [0, 0.1) is 13.8 Å². The van der Waals surface area contributed by atoms with Gasteiger partial charge < -0.3 is 10.2 Å². The van der Waals surface area contributed by atoms with Gasteiger partial charge in [0.15, 0.2) is 0 Å². The Morgan fingerprint density at radius 2 is 2.06 bits per heavy atom. The third kappa shape index (κ3) is 2.76. The highest BCUT2D eigenvalue weighted by atomic mass is 32.2. The summed E-state index contributed by atoms with van der Waals surface area (Å²) in [7, 11) is 0. The van der Waals surface area contributed by atoms with Crippen LogP contribution in [0.4, 0.5) is 0 Å². The average molecular weight is 262 g/mol. The number of rotatable bonds is 4. The van der Waals surface area contributed by atoms with Gasteiger partial charge in [-0.3, -0.25) is 0 Å². The molecule has 0 bridgehead atoms. The van der Waals surface area contributed by atoms with Gasteiger partial charge in [0.05, 0.1) is 5.69 Å². The molecule has 0 spiro atoms. The summed E-state index contributed by atoms with van der Waals surface area (Å²) in [6, 6.07) is 8.22. The largest absolute Gasteiger partial charge is 0.436 e. The minimum absolute atomic E-state index is 0.0610. The Morgan fingerprint density at radius 1 is 1.33 bits per heavy atom. The zero-order valence-electron chi connectivity index (χ0n) is 10.9. The van der Waals surface area contributed by atoms with E-state index in [0.29, 0.717) is 5.22 Å². The van der Waals surface area contributed by atoms with E-state index < -0.39 is 0 Å². The van der Waals surface area contributed by atoms with E-state index in [4.69, 9.17) is 10.2 Å². The summed E-state index contributed by atoms with van der Waals surface area (Å²) in [6.45, 7) is 5.97. The second-order valence-corrected chi connectivity index (χ2v) is 5.27. The summed E-state index contributed by atoms with van der Waals surface area (Å²) in [4.78, 5) is 5.51.